The number of H-pyrrole nitrogens is 1. The van der Waals surface area contributed by atoms with Gasteiger partial charge in [-0.1, -0.05) is 35.9 Å². The van der Waals surface area contributed by atoms with E-state index in [1.165, 1.54) is 18.2 Å². The van der Waals surface area contributed by atoms with Crippen molar-refractivity contribution >= 4 is 27.3 Å². The van der Waals surface area contributed by atoms with Gasteiger partial charge in [0.05, 0.1) is 4.90 Å². The summed E-state index contributed by atoms with van der Waals surface area (Å²) in [6.45, 7) is 0. The van der Waals surface area contributed by atoms with Crippen LogP contribution in [0.1, 0.15) is 0 Å². The average Bonchev–Trinajstić information content (AvgIpc) is 3.00. The first-order valence-electron chi connectivity index (χ1n) is 6.23. The van der Waals surface area contributed by atoms with Crippen LogP contribution in [0.5, 0.6) is 0 Å². The lowest BCUT2D eigenvalue weighted by Gasteiger charge is -2.22. The van der Waals surface area contributed by atoms with Crippen LogP contribution >= 0.6 is 11.6 Å². The van der Waals surface area contributed by atoms with E-state index in [1.54, 1.807) is 12.1 Å². The van der Waals surface area contributed by atoms with Crippen LogP contribution < -0.4 is 0 Å². The monoisotopic (exact) mass is 352 g/mol. The van der Waals surface area contributed by atoms with Crippen LogP contribution in [-0.2, 0) is 10.0 Å². The standard InChI is InChI=1S/C13H8ClFN5O2S/c14-9-4-5-12(11(15)7-9)23(21,22)18-10-3-1-2-8(6-10)13-16-19-20-17-13/h1-7H,(H,16,17,19,20)/q-1. The summed E-state index contributed by atoms with van der Waals surface area (Å²) < 4.78 is 41.9. The Morgan fingerprint density at radius 2 is 2.00 bits per heavy atom. The predicted octanol–water partition coefficient (Wildman–Crippen LogP) is 3.05. The highest BCUT2D eigenvalue weighted by atomic mass is 35.5. The molecule has 0 fully saturated rings. The Hall–Kier alpha value is -2.52. The maximum absolute atomic E-state index is 13.8. The van der Waals surface area contributed by atoms with Crippen LogP contribution in [0.4, 0.5) is 10.1 Å². The summed E-state index contributed by atoms with van der Waals surface area (Å²) in [7, 11) is -4.22. The molecule has 0 unspecified atom stereocenters. The number of nitrogens with zero attached hydrogens (tertiary/aromatic N) is 4. The smallest absolute Gasteiger partial charge is 0.204 e. The van der Waals surface area contributed by atoms with Crippen molar-refractivity contribution in [3.8, 4) is 11.4 Å². The zero-order valence-corrected chi connectivity index (χ0v) is 12.9. The molecule has 3 aromatic rings. The number of sulfonamides is 1. The van der Waals surface area contributed by atoms with Crippen molar-refractivity contribution in [2.45, 2.75) is 4.90 Å². The summed E-state index contributed by atoms with van der Waals surface area (Å²) in [5.41, 5.74) is 0.633. The Bertz CT molecular complexity index is 947. The lowest BCUT2D eigenvalue weighted by Crippen LogP contribution is -2.01. The second-order valence-electron chi connectivity index (χ2n) is 4.43. The largest absolute Gasteiger partial charge is 0.573 e. The fourth-order valence-electron chi connectivity index (χ4n) is 1.86. The van der Waals surface area contributed by atoms with Gasteiger partial charge in [-0.05, 0) is 23.4 Å². The van der Waals surface area contributed by atoms with Gasteiger partial charge in [0.25, 0.3) is 0 Å². The normalized spacial score (nSPS) is 11.4. The minimum atomic E-state index is -4.22. The molecule has 0 amide bonds. The second-order valence-corrected chi connectivity index (χ2v) is 6.44. The molecule has 0 bridgehead atoms. The first-order chi connectivity index (χ1) is 11.0. The molecule has 1 aromatic heterocycles. The summed E-state index contributed by atoms with van der Waals surface area (Å²) in [6, 6.07) is 9.44. The van der Waals surface area contributed by atoms with Gasteiger partial charge in [-0.2, -0.15) is 5.21 Å². The van der Waals surface area contributed by atoms with Crippen LogP contribution in [0.15, 0.2) is 47.4 Å². The molecular formula is C13H8ClFN5O2S-. The zero-order chi connectivity index (χ0) is 16.4. The van der Waals surface area contributed by atoms with E-state index in [-0.39, 0.29) is 16.5 Å². The van der Waals surface area contributed by atoms with E-state index in [9.17, 15) is 12.8 Å². The molecule has 0 aliphatic heterocycles. The Balaban J connectivity index is 1.93. The molecule has 0 radical (unpaired) electrons. The minimum Gasteiger partial charge on any atom is -0.573 e. The first kappa shape index (κ1) is 15.4. The van der Waals surface area contributed by atoms with Gasteiger partial charge in [0, 0.05) is 10.6 Å². The van der Waals surface area contributed by atoms with E-state index >= 15 is 0 Å². The van der Waals surface area contributed by atoms with Crippen LogP contribution in [-0.4, -0.2) is 29.0 Å². The van der Waals surface area contributed by atoms with Crippen molar-refractivity contribution < 1.29 is 12.8 Å². The van der Waals surface area contributed by atoms with Gasteiger partial charge in [0.1, 0.15) is 15.8 Å². The number of benzene rings is 2. The lowest BCUT2D eigenvalue weighted by molar-refractivity contribution is 0.572. The van der Waals surface area contributed by atoms with Gasteiger partial charge in [-0.25, -0.2) is 12.8 Å². The summed E-state index contributed by atoms with van der Waals surface area (Å²) in [5.74, 6) is -0.673. The third kappa shape index (κ3) is 3.30. The van der Waals surface area contributed by atoms with Gasteiger partial charge < -0.3 is 4.72 Å². The quantitative estimate of drug-likeness (QED) is 0.777. The average molecular weight is 353 g/mol. The van der Waals surface area contributed by atoms with Gasteiger partial charge in [-0.3, -0.25) is 0 Å². The number of hydrogen-bond donors (Lipinski definition) is 1. The maximum atomic E-state index is 13.8. The van der Waals surface area contributed by atoms with Gasteiger partial charge in [0.15, 0.2) is 0 Å². The number of hydrogen-bond acceptors (Lipinski definition) is 5. The van der Waals surface area contributed by atoms with Crippen LogP contribution in [0, 0.1) is 5.82 Å². The van der Waals surface area contributed by atoms with E-state index < -0.39 is 20.7 Å². The van der Waals surface area contributed by atoms with E-state index in [1.807, 2.05) is 0 Å². The van der Waals surface area contributed by atoms with Gasteiger partial charge in [0.2, 0.25) is 5.82 Å². The third-order valence-electron chi connectivity index (χ3n) is 2.85. The molecule has 10 heteroatoms. The van der Waals surface area contributed by atoms with E-state index in [4.69, 9.17) is 11.6 Å². The Kier molecular flexibility index (Phi) is 3.97. The van der Waals surface area contributed by atoms with Crippen LogP contribution in [0.3, 0.4) is 0 Å². The van der Waals surface area contributed by atoms with Gasteiger partial charge >= 0.3 is 0 Å². The molecule has 0 spiro atoms. The number of rotatable bonds is 4. The molecule has 0 atom stereocenters. The highest BCUT2D eigenvalue weighted by molar-refractivity contribution is 7.94. The number of halogens is 2. The van der Waals surface area contributed by atoms with Crippen molar-refractivity contribution in [1.29, 1.82) is 0 Å². The van der Waals surface area contributed by atoms with Crippen LogP contribution in [0.2, 0.25) is 5.02 Å². The van der Waals surface area contributed by atoms with Crippen molar-refractivity contribution in [3.63, 3.8) is 0 Å². The highest BCUT2D eigenvalue weighted by Crippen LogP contribution is 2.31. The fraction of sp³-hybridized carbons (Fsp3) is 0. The molecule has 3 rings (SSSR count). The predicted molar refractivity (Wildman–Crippen MR) is 81.2 cm³/mol. The molecule has 1 N–H and O–H groups in total. The molecule has 0 aliphatic carbocycles. The Labute approximate surface area is 135 Å². The topological polar surface area (TPSA) is 103 Å². The Morgan fingerprint density at radius 3 is 2.70 bits per heavy atom. The number of tetrazole rings is 1. The molecule has 23 heavy (non-hydrogen) atoms. The van der Waals surface area contributed by atoms with E-state index in [0.29, 0.717) is 5.56 Å². The molecule has 7 nitrogen and oxygen atoms in total. The Morgan fingerprint density at radius 1 is 1.17 bits per heavy atom. The molecule has 0 saturated carbocycles. The highest BCUT2D eigenvalue weighted by Gasteiger charge is 2.12. The van der Waals surface area contributed by atoms with Crippen molar-refractivity contribution in [2.24, 2.45) is 0 Å². The summed E-state index contributed by atoms with van der Waals surface area (Å²) in [4.78, 5) is -0.549. The second kappa shape index (κ2) is 5.94. The van der Waals surface area contributed by atoms with E-state index in [2.05, 4.69) is 25.3 Å². The fourth-order valence-corrected chi connectivity index (χ4v) is 3.05. The number of aromatic amines is 1. The summed E-state index contributed by atoms with van der Waals surface area (Å²) >= 11 is 5.62. The lowest BCUT2D eigenvalue weighted by atomic mass is 10.2. The molecule has 0 saturated heterocycles. The SMILES string of the molecule is O=S(=O)([N-]c1cccc(-c2nn[nH]n2)c1)c1ccc(Cl)cc1F. The molecular weight excluding hydrogens is 345 g/mol. The van der Waals surface area contributed by atoms with Crippen molar-refractivity contribution in [2.75, 3.05) is 0 Å². The first-order valence-corrected chi connectivity index (χ1v) is 8.04. The maximum Gasteiger partial charge on any atom is 0.204 e. The van der Waals surface area contributed by atoms with Gasteiger partial charge in [-0.15, -0.1) is 15.9 Å². The summed E-state index contributed by atoms with van der Waals surface area (Å²) in [5, 5.41) is 13.4. The van der Waals surface area contributed by atoms with Crippen LogP contribution in [0.25, 0.3) is 16.1 Å². The minimum absolute atomic E-state index is 0.0977. The molecule has 118 valence electrons. The number of nitrogens with one attached hydrogen (secondary N) is 1. The molecule has 2 aromatic carbocycles. The third-order valence-corrected chi connectivity index (χ3v) is 4.42. The zero-order valence-electron chi connectivity index (χ0n) is 11.3. The van der Waals surface area contributed by atoms with E-state index in [0.717, 1.165) is 12.1 Å². The molecule has 0 aliphatic rings. The number of aromatic nitrogens is 4. The summed E-state index contributed by atoms with van der Waals surface area (Å²) in [6.07, 6.45) is 0. The van der Waals surface area contributed by atoms with Crippen molar-refractivity contribution in [1.82, 2.24) is 20.6 Å². The molecule has 1 heterocycles. The van der Waals surface area contributed by atoms with Crippen molar-refractivity contribution in [3.05, 3.63) is 58.0 Å².